The highest BCUT2D eigenvalue weighted by atomic mass is 32.1. The Morgan fingerprint density at radius 1 is 1.64 bits per heavy atom. The summed E-state index contributed by atoms with van der Waals surface area (Å²) >= 11 is 5.06. The first kappa shape index (κ1) is 8.51. The third-order valence-electron chi connectivity index (χ3n) is 1.77. The van der Waals surface area contributed by atoms with Crippen LogP contribution in [0.1, 0.15) is 6.92 Å². The normalized spacial score (nSPS) is 29.6. The number of nitrogens with zero attached hydrogens (tertiary/aromatic N) is 4. The van der Waals surface area contributed by atoms with Crippen LogP contribution in [0.3, 0.4) is 0 Å². The molecule has 62 valence electrons. The third-order valence-corrected chi connectivity index (χ3v) is 2.15. The Kier molecular flexibility index (Phi) is 2.17. The van der Waals surface area contributed by atoms with Gasteiger partial charge in [0.05, 0.1) is 5.22 Å². The first-order valence-corrected chi connectivity index (χ1v) is 3.83. The van der Waals surface area contributed by atoms with E-state index >= 15 is 0 Å². The fraction of sp³-hybridized carbons (Fsp3) is 0.800. The molecule has 0 amide bonds. The standard InChI is InChI=1S/C5H11N5S/c1-4-10(9(2)3)5(11)6-7-8-10/h4H2,1-3H3/p+1. The lowest BCUT2D eigenvalue weighted by Crippen LogP contribution is -2.56. The predicted octanol–water partition coefficient (Wildman–Crippen LogP) is 0.470. The van der Waals surface area contributed by atoms with Gasteiger partial charge >= 0.3 is 5.11 Å². The molecule has 0 aromatic rings. The number of nitrogens with one attached hydrogen (secondary N) is 1. The summed E-state index contributed by atoms with van der Waals surface area (Å²) in [7, 11) is 3.84. The Morgan fingerprint density at radius 2 is 2.27 bits per heavy atom. The van der Waals surface area contributed by atoms with Gasteiger partial charge in [-0.1, -0.05) is 0 Å². The molecule has 1 heterocycles. The number of rotatable bonds is 2. The minimum absolute atomic E-state index is 0.273. The molecule has 1 N–H and O–H groups in total. The average Bonchev–Trinajstić information content (AvgIpc) is 2.32. The maximum absolute atomic E-state index is 5.06. The summed E-state index contributed by atoms with van der Waals surface area (Å²) in [5.74, 6) is 0. The van der Waals surface area contributed by atoms with E-state index in [9.17, 15) is 0 Å². The second-order valence-electron chi connectivity index (χ2n) is 2.50. The van der Waals surface area contributed by atoms with Gasteiger partial charge in [-0.05, 0) is 16.8 Å². The Hall–Kier alpha value is -0.590. The zero-order valence-electron chi connectivity index (χ0n) is 6.90. The van der Waals surface area contributed by atoms with E-state index in [0.29, 0.717) is 5.11 Å². The molecule has 11 heavy (non-hydrogen) atoms. The molecule has 0 aromatic carbocycles. The lowest BCUT2D eigenvalue weighted by atomic mass is 10.6. The molecule has 0 fully saturated rings. The third kappa shape index (κ3) is 1.13. The van der Waals surface area contributed by atoms with Crippen LogP contribution in [-0.2, 0) is 0 Å². The van der Waals surface area contributed by atoms with Crippen molar-refractivity contribution >= 4 is 17.3 Å². The summed E-state index contributed by atoms with van der Waals surface area (Å²) in [6.45, 7) is 2.79. The second kappa shape index (κ2) is 2.80. The zero-order valence-corrected chi connectivity index (χ0v) is 7.72. The summed E-state index contributed by atoms with van der Waals surface area (Å²) < 4.78 is 0.273. The van der Waals surface area contributed by atoms with Gasteiger partial charge in [0.15, 0.2) is 0 Å². The van der Waals surface area contributed by atoms with Gasteiger partial charge in [-0.25, -0.2) is 0 Å². The van der Waals surface area contributed by atoms with E-state index in [1.165, 1.54) is 0 Å². The molecule has 1 atom stereocenters. The minimum atomic E-state index is 0.273. The van der Waals surface area contributed by atoms with Crippen molar-refractivity contribution in [3.8, 4) is 0 Å². The van der Waals surface area contributed by atoms with E-state index in [0.717, 1.165) is 6.54 Å². The molecule has 0 radical (unpaired) electrons. The first-order valence-electron chi connectivity index (χ1n) is 3.42. The maximum atomic E-state index is 5.06. The van der Waals surface area contributed by atoms with Crippen LogP contribution in [0.5, 0.6) is 0 Å². The van der Waals surface area contributed by atoms with Crippen LogP contribution in [0.15, 0.2) is 10.4 Å². The van der Waals surface area contributed by atoms with E-state index in [2.05, 4.69) is 15.9 Å². The van der Waals surface area contributed by atoms with Gasteiger partial charge in [-0.2, -0.15) is 5.43 Å². The fourth-order valence-corrected chi connectivity index (χ4v) is 1.38. The van der Waals surface area contributed by atoms with Gasteiger partial charge in [0.25, 0.3) is 0 Å². The van der Waals surface area contributed by atoms with Crippen molar-refractivity contribution in [1.29, 1.82) is 0 Å². The van der Waals surface area contributed by atoms with Crippen LogP contribution < -0.4 is 5.43 Å². The molecule has 1 aliphatic rings. The van der Waals surface area contributed by atoms with E-state index in [4.69, 9.17) is 12.2 Å². The van der Waals surface area contributed by atoms with Crippen LogP contribution in [0.2, 0.25) is 0 Å². The molecule has 0 aliphatic carbocycles. The van der Waals surface area contributed by atoms with Crippen molar-refractivity contribution in [2.24, 2.45) is 10.4 Å². The molecule has 6 heteroatoms. The molecule has 0 bridgehead atoms. The Balaban J connectivity index is 2.91. The van der Waals surface area contributed by atoms with Gasteiger partial charge in [0, 0.05) is 26.3 Å². The Bertz CT molecular complexity index is 201. The van der Waals surface area contributed by atoms with E-state index in [1.807, 2.05) is 26.0 Å². The SMILES string of the molecule is CC[N+]1(N(C)C)N=NNC1=S. The molecule has 0 saturated carbocycles. The van der Waals surface area contributed by atoms with Gasteiger partial charge in [-0.15, -0.1) is 5.01 Å². The van der Waals surface area contributed by atoms with Crippen LogP contribution in [0.4, 0.5) is 0 Å². The van der Waals surface area contributed by atoms with E-state index in [1.54, 1.807) is 0 Å². The molecule has 0 aromatic heterocycles. The largest absolute Gasteiger partial charge is 0.340 e. The second-order valence-corrected chi connectivity index (χ2v) is 2.89. The molecular weight excluding hydrogens is 162 g/mol. The first-order chi connectivity index (χ1) is 5.13. The van der Waals surface area contributed by atoms with E-state index in [-0.39, 0.29) is 4.70 Å². The van der Waals surface area contributed by atoms with Gasteiger partial charge in [0.2, 0.25) is 0 Å². The summed E-state index contributed by atoms with van der Waals surface area (Å²) in [5.41, 5.74) is 2.66. The molecule has 1 aliphatic heterocycles. The minimum Gasteiger partial charge on any atom is -0.195 e. The van der Waals surface area contributed by atoms with Crippen molar-refractivity contribution in [2.75, 3.05) is 20.6 Å². The molecule has 5 nitrogen and oxygen atoms in total. The molecule has 0 saturated heterocycles. The lowest BCUT2D eigenvalue weighted by molar-refractivity contribution is -0.956. The Morgan fingerprint density at radius 3 is 2.45 bits per heavy atom. The highest BCUT2D eigenvalue weighted by Gasteiger charge is 2.40. The molecule has 1 rings (SSSR count). The Labute approximate surface area is 71.2 Å². The van der Waals surface area contributed by atoms with Crippen molar-refractivity contribution in [3.63, 3.8) is 0 Å². The zero-order chi connectivity index (χ0) is 8.48. The molecule has 0 spiro atoms. The van der Waals surface area contributed by atoms with Gasteiger partial charge < -0.3 is 0 Å². The summed E-state index contributed by atoms with van der Waals surface area (Å²) in [6.07, 6.45) is 0. The van der Waals surface area contributed by atoms with Crippen molar-refractivity contribution in [3.05, 3.63) is 0 Å². The number of thiocarbonyl (C=S) groups is 1. The van der Waals surface area contributed by atoms with Crippen LogP contribution >= 0.6 is 12.2 Å². The number of hydrogen-bond acceptors (Lipinski definition) is 4. The van der Waals surface area contributed by atoms with Gasteiger partial charge in [0.1, 0.15) is 6.54 Å². The summed E-state index contributed by atoms with van der Waals surface area (Å²) in [5, 5.41) is 10.2. The predicted molar refractivity (Wildman–Crippen MR) is 45.1 cm³/mol. The molecular formula is C5H12N5S+. The lowest BCUT2D eigenvalue weighted by Gasteiger charge is -2.28. The smallest absolute Gasteiger partial charge is 0.195 e. The quantitative estimate of drug-likeness (QED) is 0.488. The highest BCUT2D eigenvalue weighted by Crippen LogP contribution is 2.15. The topological polar surface area (TPSA) is 40.0 Å². The van der Waals surface area contributed by atoms with E-state index < -0.39 is 0 Å². The van der Waals surface area contributed by atoms with Crippen LogP contribution in [0.25, 0.3) is 0 Å². The monoisotopic (exact) mass is 174 g/mol. The van der Waals surface area contributed by atoms with Crippen LogP contribution in [-0.4, -0.2) is 35.5 Å². The van der Waals surface area contributed by atoms with Crippen LogP contribution in [0, 0.1) is 0 Å². The fourth-order valence-electron chi connectivity index (χ4n) is 1.01. The molecule has 1 unspecified atom stereocenters. The summed E-state index contributed by atoms with van der Waals surface area (Å²) in [6, 6.07) is 0. The summed E-state index contributed by atoms with van der Waals surface area (Å²) in [4.78, 5) is 0. The highest BCUT2D eigenvalue weighted by molar-refractivity contribution is 7.79. The number of hydrogen-bond donors (Lipinski definition) is 1. The van der Waals surface area contributed by atoms with Crippen molar-refractivity contribution in [2.45, 2.75) is 6.92 Å². The van der Waals surface area contributed by atoms with Crippen molar-refractivity contribution < 1.29 is 4.70 Å². The van der Waals surface area contributed by atoms with Gasteiger partial charge in [-0.3, -0.25) is 0 Å². The average molecular weight is 174 g/mol. The maximum Gasteiger partial charge on any atom is 0.340 e. The van der Waals surface area contributed by atoms with Crippen molar-refractivity contribution in [1.82, 2.24) is 10.4 Å². The number of quaternary nitrogens is 1.